The lowest BCUT2D eigenvalue weighted by atomic mass is 10.2. The average molecular weight is 249 g/mol. The Morgan fingerprint density at radius 2 is 2.17 bits per heavy atom. The molecule has 96 valence electrons. The van der Waals surface area contributed by atoms with Crippen molar-refractivity contribution in [3.05, 3.63) is 24.3 Å². The third kappa shape index (κ3) is 2.71. The Kier molecular flexibility index (Phi) is 3.66. The summed E-state index contributed by atoms with van der Waals surface area (Å²) in [6.45, 7) is 1.29. The number of hydrogen-bond donors (Lipinski definition) is 2. The number of imide groups is 1. The van der Waals surface area contributed by atoms with Gasteiger partial charge in [0.1, 0.15) is 12.4 Å². The van der Waals surface area contributed by atoms with Crippen LogP contribution in [0.1, 0.15) is 0 Å². The number of rotatable bonds is 2. The van der Waals surface area contributed by atoms with Crippen LogP contribution >= 0.6 is 0 Å². The molecule has 18 heavy (non-hydrogen) atoms. The van der Waals surface area contributed by atoms with Crippen LogP contribution in [0.2, 0.25) is 0 Å². The van der Waals surface area contributed by atoms with E-state index in [4.69, 9.17) is 4.74 Å². The number of anilines is 1. The van der Waals surface area contributed by atoms with Crippen LogP contribution in [-0.2, 0) is 4.79 Å². The van der Waals surface area contributed by atoms with Gasteiger partial charge in [0.15, 0.2) is 0 Å². The Bertz CT molecular complexity index is 462. The number of fused-ring (bicyclic) bond motifs is 1. The van der Waals surface area contributed by atoms with Crippen molar-refractivity contribution in [1.82, 2.24) is 10.6 Å². The molecule has 1 aliphatic rings. The molecule has 0 aromatic heterocycles. The van der Waals surface area contributed by atoms with E-state index in [1.165, 1.54) is 7.05 Å². The van der Waals surface area contributed by atoms with Crippen LogP contribution in [0.4, 0.5) is 10.5 Å². The van der Waals surface area contributed by atoms with Gasteiger partial charge in [-0.25, -0.2) is 4.79 Å². The topological polar surface area (TPSA) is 70.7 Å². The van der Waals surface area contributed by atoms with Gasteiger partial charge < -0.3 is 15.0 Å². The Morgan fingerprint density at radius 1 is 1.39 bits per heavy atom. The second-order valence-electron chi connectivity index (χ2n) is 3.87. The molecule has 0 atom stereocenters. The fourth-order valence-electron chi connectivity index (χ4n) is 1.79. The Labute approximate surface area is 105 Å². The van der Waals surface area contributed by atoms with E-state index < -0.39 is 6.03 Å². The van der Waals surface area contributed by atoms with Crippen molar-refractivity contribution < 1.29 is 14.3 Å². The average Bonchev–Trinajstić information content (AvgIpc) is 2.39. The summed E-state index contributed by atoms with van der Waals surface area (Å²) in [7, 11) is 1.46. The first kappa shape index (κ1) is 12.2. The van der Waals surface area contributed by atoms with Crippen LogP contribution in [0, 0.1) is 0 Å². The lowest BCUT2D eigenvalue weighted by molar-refractivity contribution is -0.118. The third-order valence-electron chi connectivity index (χ3n) is 2.64. The van der Waals surface area contributed by atoms with Gasteiger partial charge in [-0.2, -0.15) is 0 Å². The molecule has 1 aliphatic heterocycles. The summed E-state index contributed by atoms with van der Waals surface area (Å²) in [4.78, 5) is 24.5. The van der Waals surface area contributed by atoms with Crippen molar-refractivity contribution in [1.29, 1.82) is 0 Å². The number of para-hydroxylation sites is 2. The molecule has 0 aliphatic carbocycles. The standard InChI is InChI=1S/C12H15N3O3/c1-13-12(17)14-11(16)8-15-6-7-18-10-5-3-2-4-9(10)15/h2-5H,6-8H2,1H3,(H2,13,14,16,17). The second kappa shape index (κ2) is 5.39. The molecule has 0 radical (unpaired) electrons. The largest absolute Gasteiger partial charge is 0.490 e. The van der Waals surface area contributed by atoms with Crippen LogP contribution in [0.5, 0.6) is 5.75 Å². The molecular formula is C12H15N3O3. The molecule has 6 heteroatoms. The normalized spacial score (nSPS) is 13.3. The van der Waals surface area contributed by atoms with E-state index in [1.807, 2.05) is 29.2 Å². The van der Waals surface area contributed by atoms with E-state index in [-0.39, 0.29) is 12.5 Å². The maximum atomic E-state index is 11.6. The third-order valence-corrected chi connectivity index (χ3v) is 2.64. The molecule has 1 heterocycles. The minimum atomic E-state index is -0.499. The lowest BCUT2D eigenvalue weighted by Gasteiger charge is -2.30. The van der Waals surface area contributed by atoms with E-state index in [1.54, 1.807) is 0 Å². The molecule has 0 spiro atoms. The molecule has 1 aromatic rings. The number of carbonyl (C=O) groups is 2. The maximum Gasteiger partial charge on any atom is 0.321 e. The summed E-state index contributed by atoms with van der Waals surface area (Å²) >= 11 is 0. The molecule has 2 rings (SSSR count). The number of nitrogens with zero attached hydrogens (tertiary/aromatic N) is 1. The maximum absolute atomic E-state index is 11.6. The van der Waals surface area contributed by atoms with E-state index >= 15 is 0 Å². The van der Waals surface area contributed by atoms with Gasteiger partial charge in [0.2, 0.25) is 5.91 Å². The molecule has 0 saturated heterocycles. The van der Waals surface area contributed by atoms with Crippen LogP contribution in [-0.4, -0.2) is 38.7 Å². The van der Waals surface area contributed by atoms with Gasteiger partial charge in [-0.05, 0) is 12.1 Å². The summed E-state index contributed by atoms with van der Waals surface area (Å²) in [5.41, 5.74) is 0.871. The lowest BCUT2D eigenvalue weighted by Crippen LogP contribution is -2.45. The van der Waals surface area contributed by atoms with E-state index in [0.29, 0.717) is 13.2 Å². The molecule has 0 bridgehead atoms. The predicted octanol–water partition coefficient (Wildman–Crippen LogP) is 0.341. The Balaban J connectivity index is 2.03. The monoisotopic (exact) mass is 249 g/mol. The van der Waals surface area contributed by atoms with E-state index in [0.717, 1.165) is 11.4 Å². The molecule has 0 fully saturated rings. The number of ether oxygens (including phenoxy) is 1. The van der Waals surface area contributed by atoms with Gasteiger partial charge >= 0.3 is 6.03 Å². The minimum absolute atomic E-state index is 0.133. The van der Waals surface area contributed by atoms with Gasteiger partial charge in [-0.15, -0.1) is 0 Å². The summed E-state index contributed by atoms with van der Waals surface area (Å²) in [5, 5.41) is 4.57. The van der Waals surface area contributed by atoms with Gasteiger partial charge in [-0.3, -0.25) is 10.1 Å². The van der Waals surface area contributed by atoms with Crippen molar-refractivity contribution in [3.63, 3.8) is 0 Å². The van der Waals surface area contributed by atoms with Crippen molar-refractivity contribution >= 4 is 17.6 Å². The number of urea groups is 1. The molecule has 1 aromatic carbocycles. The zero-order chi connectivity index (χ0) is 13.0. The highest BCUT2D eigenvalue weighted by atomic mass is 16.5. The quantitative estimate of drug-likeness (QED) is 0.793. The first-order valence-corrected chi connectivity index (χ1v) is 5.69. The van der Waals surface area contributed by atoms with Crippen molar-refractivity contribution in [3.8, 4) is 5.75 Å². The molecule has 0 saturated carbocycles. The zero-order valence-electron chi connectivity index (χ0n) is 10.1. The Hall–Kier alpha value is -2.24. The second-order valence-corrected chi connectivity index (χ2v) is 3.87. The predicted molar refractivity (Wildman–Crippen MR) is 66.7 cm³/mol. The molecule has 3 amide bonds. The van der Waals surface area contributed by atoms with Crippen molar-refractivity contribution in [2.75, 3.05) is 31.6 Å². The number of amides is 3. The fourth-order valence-corrected chi connectivity index (χ4v) is 1.79. The first-order valence-electron chi connectivity index (χ1n) is 5.69. The Morgan fingerprint density at radius 3 is 2.94 bits per heavy atom. The van der Waals surface area contributed by atoms with Gasteiger partial charge in [0.05, 0.1) is 18.8 Å². The smallest absolute Gasteiger partial charge is 0.321 e. The SMILES string of the molecule is CNC(=O)NC(=O)CN1CCOc2ccccc21. The number of benzene rings is 1. The number of hydrogen-bond acceptors (Lipinski definition) is 4. The minimum Gasteiger partial charge on any atom is -0.490 e. The summed E-state index contributed by atoms with van der Waals surface area (Å²) in [6, 6.07) is 7.02. The van der Waals surface area contributed by atoms with Crippen molar-refractivity contribution in [2.24, 2.45) is 0 Å². The van der Waals surface area contributed by atoms with Crippen LogP contribution in [0.25, 0.3) is 0 Å². The highest BCUT2D eigenvalue weighted by molar-refractivity contribution is 5.96. The van der Waals surface area contributed by atoms with Gasteiger partial charge in [0, 0.05) is 7.05 Å². The van der Waals surface area contributed by atoms with E-state index in [9.17, 15) is 9.59 Å². The number of carbonyl (C=O) groups excluding carboxylic acids is 2. The van der Waals surface area contributed by atoms with Gasteiger partial charge in [-0.1, -0.05) is 12.1 Å². The highest BCUT2D eigenvalue weighted by Gasteiger charge is 2.20. The summed E-state index contributed by atoms with van der Waals surface area (Å²) < 4.78 is 5.48. The summed E-state index contributed by atoms with van der Waals surface area (Å²) in [5.74, 6) is 0.419. The van der Waals surface area contributed by atoms with Gasteiger partial charge in [0.25, 0.3) is 0 Å². The molecule has 2 N–H and O–H groups in total. The fraction of sp³-hybridized carbons (Fsp3) is 0.333. The zero-order valence-corrected chi connectivity index (χ0v) is 10.1. The first-order chi connectivity index (χ1) is 8.70. The molecular weight excluding hydrogens is 234 g/mol. The van der Waals surface area contributed by atoms with Crippen LogP contribution in [0.3, 0.4) is 0 Å². The van der Waals surface area contributed by atoms with E-state index in [2.05, 4.69) is 10.6 Å². The van der Waals surface area contributed by atoms with Crippen LogP contribution < -0.4 is 20.3 Å². The highest BCUT2D eigenvalue weighted by Crippen LogP contribution is 2.30. The van der Waals surface area contributed by atoms with Crippen molar-refractivity contribution in [2.45, 2.75) is 0 Å². The molecule has 0 unspecified atom stereocenters. The summed E-state index contributed by atoms with van der Waals surface area (Å²) in [6.07, 6.45) is 0. The van der Waals surface area contributed by atoms with Crippen LogP contribution in [0.15, 0.2) is 24.3 Å². The number of nitrogens with one attached hydrogen (secondary N) is 2. The molecule has 6 nitrogen and oxygen atoms in total.